The van der Waals surface area contributed by atoms with Gasteiger partial charge >= 0.3 is 12.2 Å². The third-order valence-corrected chi connectivity index (χ3v) is 8.12. The number of urea groups is 1. The zero-order chi connectivity index (χ0) is 30.6. The molecule has 14 heteroatoms. The van der Waals surface area contributed by atoms with Crippen molar-refractivity contribution in [1.82, 2.24) is 25.3 Å². The maximum atomic E-state index is 13.6. The molecule has 2 aliphatic heterocycles. The summed E-state index contributed by atoms with van der Waals surface area (Å²) in [5.41, 5.74) is -1.31. The lowest BCUT2D eigenvalue weighted by Gasteiger charge is -2.43. The van der Waals surface area contributed by atoms with E-state index in [9.17, 15) is 32.3 Å². The summed E-state index contributed by atoms with van der Waals surface area (Å²) >= 11 is 5.84. The lowest BCUT2D eigenvalue weighted by atomic mass is 9.85. The molecule has 0 bridgehead atoms. The molecule has 10 nitrogen and oxygen atoms in total. The lowest BCUT2D eigenvalue weighted by Crippen LogP contribution is -2.60. The number of amides is 5. The number of aromatic amines is 1. The third-order valence-electron chi connectivity index (χ3n) is 7.90. The highest BCUT2D eigenvalue weighted by molar-refractivity contribution is 6.31. The third kappa shape index (κ3) is 5.06. The van der Waals surface area contributed by atoms with Crippen LogP contribution in [0.1, 0.15) is 42.6 Å². The monoisotopic (exact) mass is 604 g/mol. The first-order valence-corrected chi connectivity index (χ1v) is 13.6. The summed E-state index contributed by atoms with van der Waals surface area (Å²) in [5.74, 6) is -2.09. The minimum Gasteiger partial charge on any atom is -0.341 e. The van der Waals surface area contributed by atoms with E-state index in [1.165, 1.54) is 16.8 Å². The SMILES string of the molecule is CC(C)C(NC(=O)c1cc(Cl)cc(C(F)(F)F)c1)C(=O)N1CCC2(CC1)C(=O)N(C)C(=O)N2c1ccc2[nH]ncc2c1. The molecule has 3 aromatic rings. The Kier molecular flexibility index (Phi) is 7.42. The van der Waals surface area contributed by atoms with Crippen molar-refractivity contribution < 1.29 is 32.3 Å². The van der Waals surface area contributed by atoms with Crippen molar-refractivity contribution in [2.45, 2.75) is 44.4 Å². The molecule has 0 saturated carbocycles. The number of anilines is 1. The number of halogens is 4. The van der Waals surface area contributed by atoms with Crippen LogP contribution in [0.3, 0.4) is 0 Å². The number of benzene rings is 2. The van der Waals surface area contributed by atoms with E-state index in [1.807, 2.05) is 0 Å². The van der Waals surface area contributed by atoms with Gasteiger partial charge in [0.2, 0.25) is 5.91 Å². The molecule has 1 aromatic heterocycles. The topological polar surface area (TPSA) is 119 Å². The molecule has 0 radical (unpaired) electrons. The molecular formula is C28H28ClF3N6O4. The van der Waals surface area contributed by atoms with Crippen LogP contribution in [0.25, 0.3) is 10.9 Å². The zero-order valence-corrected chi connectivity index (χ0v) is 23.7. The van der Waals surface area contributed by atoms with Gasteiger partial charge in [-0.3, -0.25) is 29.3 Å². The number of nitrogens with one attached hydrogen (secondary N) is 2. The van der Waals surface area contributed by atoms with Gasteiger partial charge in [-0.1, -0.05) is 25.4 Å². The number of nitrogens with zero attached hydrogens (tertiary/aromatic N) is 4. The zero-order valence-electron chi connectivity index (χ0n) is 23.0. The van der Waals surface area contributed by atoms with Crippen molar-refractivity contribution in [1.29, 1.82) is 0 Å². The smallest absolute Gasteiger partial charge is 0.341 e. The van der Waals surface area contributed by atoms with Gasteiger partial charge in [0.05, 0.1) is 17.3 Å². The molecule has 1 atom stereocenters. The molecule has 2 aliphatic rings. The van der Waals surface area contributed by atoms with E-state index in [1.54, 1.807) is 38.2 Å². The molecule has 2 saturated heterocycles. The van der Waals surface area contributed by atoms with E-state index in [0.717, 1.165) is 27.9 Å². The van der Waals surface area contributed by atoms with Crippen molar-refractivity contribution in [3.63, 3.8) is 0 Å². The molecule has 2 fully saturated rings. The molecule has 222 valence electrons. The molecule has 5 amide bonds. The van der Waals surface area contributed by atoms with Crippen molar-refractivity contribution in [2.24, 2.45) is 5.92 Å². The van der Waals surface area contributed by atoms with Gasteiger partial charge in [-0.2, -0.15) is 18.3 Å². The first-order valence-electron chi connectivity index (χ1n) is 13.3. The van der Waals surface area contributed by atoms with Crippen molar-refractivity contribution in [2.75, 3.05) is 25.0 Å². The maximum absolute atomic E-state index is 13.6. The first kappa shape index (κ1) is 29.4. The van der Waals surface area contributed by atoms with Gasteiger partial charge in [0, 0.05) is 41.8 Å². The Morgan fingerprint density at radius 2 is 1.79 bits per heavy atom. The second-order valence-electron chi connectivity index (χ2n) is 10.9. The Labute approximate surface area is 243 Å². The molecule has 5 rings (SSSR count). The van der Waals surface area contributed by atoms with E-state index in [0.29, 0.717) is 11.8 Å². The fraction of sp³-hybridized carbons (Fsp3) is 0.393. The summed E-state index contributed by atoms with van der Waals surface area (Å²) in [6.45, 7) is 3.64. The number of piperidine rings is 1. The number of alkyl halides is 3. The van der Waals surface area contributed by atoms with Crippen LogP contribution < -0.4 is 10.2 Å². The van der Waals surface area contributed by atoms with E-state index < -0.39 is 47.1 Å². The average molecular weight is 605 g/mol. The minimum atomic E-state index is -4.71. The van der Waals surface area contributed by atoms with Crippen LogP contribution in [0.2, 0.25) is 5.02 Å². The number of likely N-dealkylation sites (tertiary alicyclic amines) is 1. The van der Waals surface area contributed by atoms with Gasteiger partial charge in [0.1, 0.15) is 11.6 Å². The molecule has 3 heterocycles. The predicted molar refractivity (Wildman–Crippen MR) is 148 cm³/mol. The van der Waals surface area contributed by atoms with Crippen LogP contribution >= 0.6 is 11.6 Å². The highest BCUT2D eigenvalue weighted by Gasteiger charge is 2.58. The average Bonchev–Trinajstić information content (AvgIpc) is 3.48. The highest BCUT2D eigenvalue weighted by Crippen LogP contribution is 2.41. The molecule has 2 N–H and O–H groups in total. The van der Waals surface area contributed by atoms with Crippen LogP contribution in [-0.2, 0) is 15.8 Å². The van der Waals surface area contributed by atoms with Gasteiger partial charge in [-0.05, 0) is 55.2 Å². The number of hydrogen-bond acceptors (Lipinski definition) is 5. The summed E-state index contributed by atoms with van der Waals surface area (Å²) in [5, 5.41) is 9.92. The van der Waals surface area contributed by atoms with Crippen LogP contribution in [0, 0.1) is 5.92 Å². The Morgan fingerprint density at radius 1 is 1.10 bits per heavy atom. The van der Waals surface area contributed by atoms with Crippen LogP contribution in [0.5, 0.6) is 0 Å². The highest BCUT2D eigenvalue weighted by atomic mass is 35.5. The number of rotatable bonds is 5. The van der Waals surface area contributed by atoms with Gasteiger partial charge in [-0.15, -0.1) is 0 Å². The Balaban J connectivity index is 1.35. The van der Waals surface area contributed by atoms with Crippen molar-refractivity contribution in [3.8, 4) is 0 Å². The number of H-pyrrole nitrogens is 1. The Hall–Kier alpha value is -4.13. The number of aromatic nitrogens is 2. The first-order chi connectivity index (χ1) is 19.7. The summed E-state index contributed by atoms with van der Waals surface area (Å²) in [6, 6.07) is 6.25. The molecule has 1 spiro atoms. The van der Waals surface area contributed by atoms with E-state index in [4.69, 9.17) is 11.6 Å². The van der Waals surface area contributed by atoms with Gasteiger partial charge < -0.3 is 10.2 Å². The second-order valence-corrected chi connectivity index (χ2v) is 11.3. The van der Waals surface area contributed by atoms with E-state index >= 15 is 0 Å². The lowest BCUT2D eigenvalue weighted by molar-refractivity contribution is -0.139. The summed E-state index contributed by atoms with van der Waals surface area (Å²) in [6.07, 6.45) is -2.78. The second kappa shape index (κ2) is 10.6. The van der Waals surface area contributed by atoms with Crippen LogP contribution in [0.15, 0.2) is 42.6 Å². The quantitative estimate of drug-likeness (QED) is 0.417. The number of hydrogen-bond donors (Lipinski definition) is 2. The fourth-order valence-corrected chi connectivity index (χ4v) is 5.84. The van der Waals surface area contributed by atoms with E-state index in [-0.39, 0.29) is 42.4 Å². The standard InChI is InChI=1S/C28H28ClF3N6O4/c1-15(2)22(34-23(39)16-10-18(28(30,31)32)13-19(29)11-16)24(40)37-8-6-27(7-9-37)25(41)36(3)26(42)38(27)20-4-5-21-17(12-20)14-33-35-21/h4-5,10-15,22H,6-9H2,1-3H3,(H,33,35)(H,34,39). The molecule has 42 heavy (non-hydrogen) atoms. The van der Waals surface area contributed by atoms with Crippen LogP contribution in [0.4, 0.5) is 23.7 Å². The normalized spacial score (nSPS) is 18.0. The van der Waals surface area contributed by atoms with Gasteiger partial charge in [-0.25, -0.2) is 4.79 Å². The van der Waals surface area contributed by atoms with E-state index in [2.05, 4.69) is 15.5 Å². The fourth-order valence-electron chi connectivity index (χ4n) is 5.61. The number of carbonyl (C=O) groups excluding carboxylic acids is 4. The number of fused-ring (bicyclic) bond motifs is 1. The molecule has 1 unspecified atom stereocenters. The van der Waals surface area contributed by atoms with Crippen molar-refractivity contribution in [3.05, 3.63) is 58.7 Å². The minimum absolute atomic E-state index is 0.116. The summed E-state index contributed by atoms with van der Waals surface area (Å²) in [7, 11) is 1.42. The molecule has 0 aliphatic carbocycles. The van der Waals surface area contributed by atoms with Gasteiger partial charge in [0.15, 0.2) is 0 Å². The number of carbonyl (C=O) groups is 4. The predicted octanol–water partition coefficient (Wildman–Crippen LogP) is 4.45. The number of likely N-dealkylation sites (N-methyl/N-ethyl adjacent to an activating group) is 1. The summed E-state index contributed by atoms with van der Waals surface area (Å²) in [4.78, 5) is 57.3. The largest absolute Gasteiger partial charge is 0.416 e. The number of imide groups is 1. The molecule has 2 aromatic carbocycles. The molecular weight excluding hydrogens is 577 g/mol. The Morgan fingerprint density at radius 3 is 2.43 bits per heavy atom. The van der Waals surface area contributed by atoms with Gasteiger partial charge in [0.25, 0.3) is 11.8 Å². The van der Waals surface area contributed by atoms with Crippen LogP contribution in [-0.4, -0.2) is 75.5 Å². The maximum Gasteiger partial charge on any atom is 0.416 e. The van der Waals surface area contributed by atoms with Crippen molar-refractivity contribution >= 4 is 51.9 Å². The summed E-state index contributed by atoms with van der Waals surface area (Å²) < 4.78 is 39.8. The Bertz CT molecular complexity index is 1580.